The van der Waals surface area contributed by atoms with Gasteiger partial charge in [0.25, 0.3) is 5.69 Å². The number of aromatic nitrogens is 1. The quantitative estimate of drug-likeness (QED) is 0.689. The van der Waals surface area contributed by atoms with E-state index in [0.29, 0.717) is 19.6 Å². The molecule has 0 bridgehead atoms. The Morgan fingerprint density at radius 2 is 2.17 bits per heavy atom. The maximum absolute atomic E-state index is 11.8. The van der Waals surface area contributed by atoms with Crippen molar-refractivity contribution in [3.05, 3.63) is 40.1 Å². The van der Waals surface area contributed by atoms with Gasteiger partial charge in [-0.05, 0) is 26.0 Å². The van der Waals surface area contributed by atoms with Crippen LogP contribution in [0.1, 0.15) is 12.6 Å². The van der Waals surface area contributed by atoms with Crippen LogP contribution in [-0.4, -0.2) is 35.4 Å². The minimum Gasteiger partial charge on any atom is -0.369 e. The largest absolute Gasteiger partial charge is 0.369 e. The van der Waals surface area contributed by atoms with E-state index in [1.807, 2.05) is 19.9 Å². The fourth-order valence-corrected chi connectivity index (χ4v) is 2.86. The van der Waals surface area contributed by atoms with Gasteiger partial charge in [0, 0.05) is 48.5 Å². The number of benzene rings is 1. The molecule has 2 aromatic rings. The zero-order chi connectivity index (χ0) is 16.6. The number of hydrogen-bond donors (Lipinski definition) is 1. The number of carbonyl (C=O) groups is 1. The summed E-state index contributed by atoms with van der Waals surface area (Å²) < 4.78 is 0. The summed E-state index contributed by atoms with van der Waals surface area (Å²) in [5, 5.41) is 14.6. The molecular formula is C16H18N4O3. The Bertz CT molecular complexity index is 784. The molecule has 1 aromatic heterocycles. The molecular weight excluding hydrogens is 296 g/mol. The molecule has 0 saturated carbocycles. The number of non-ortho nitro benzene ring substituents is 1. The first-order valence-electron chi connectivity index (χ1n) is 7.58. The molecule has 1 saturated heterocycles. The van der Waals surface area contributed by atoms with Crippen LogP contribution in [-0.2, 0) is 4.79 Å². The Morgan fingerprint density at radius 1 is 1.43 bits per heavy atom. The van der Waals surface area contributed by atoms with Gasteiger partial charge in [-0.15, -0.1) is 0 Å². The summed E-state index contributed by atoms with van der Waals surface area (Å²) in [6, 6.07) is 6.60. The highest BCUT2D eigenvalue weighted by atomic mass is 16.6. The fraction of sp³-hybridized carbons (Fsp3) is 0.375. The molecule has 7 heteroatoms. The van der Waals surface area contributed by atoms with Gasteiger partial charge in [-0.2, -0.15) is 0 Å². The molecule has 2 heterocycles. The average Bonchev–Trinajstić information content (AvgIpc) is 2.45. The van der Waals surface area contributed by atoms with Gasteiger partial charge in [-0.1, -0.05) is 0 Å². The molecule has 23 heavy (non-hydrogen) atoms. The molecule has 1 aliphatic rings. The molecule has 7 nitrogen and oxygen atoms in total. The Morgan fingerprint density at radius 3 is 2.83 bits per heavy atom. The molecule has 1 aromatic carbocycles. The van der Waals surface area contributed by atoms with Gasteiger partial charge < -0.3 is 10.2 Å². The zero-order valence-electron chi connectivity index (χ0n) is 13.1. The Balaban J connectivity index is 1.93. The number of nitro groups is 1. The van der Waals surface area contributed by atoms with Crippen molar-refractivity contribution in [1.29, 1.82) is 0 Å². The van der Waals surface area contributed by atoms with Gasteiger partial charge in [-0.25, -0.2) is 0 Å². The number of pyridine rings is 1. The Labute approximate surface area is 133 Å². The lowest BCUT2D eigenvalue weighted by molar-refractivity contribution is -0.384. The standard InChI is InChI=1S/C16H18N4O3/c1-3-17-16(21)11-8-19(9-11)15-6-10(2)18-14-5-4-12(20(22)23)7-13(14)15/h4-7,11H,3,8-9H2,1-2H3,(H,17,21). The number of carbonyl (C=O) groups excluding carboxylic acids is 1. The molecule has 1 fully saturated rings. The predicted molar refractivity (Wildman–Crippen MR) is 87.5 cm³/mol. The average molecular weight is 314 g/mol. The minimum absolute atomic E-state index is 0.0304. The van der Waals surface area contributed by atoms with Gasteiger partial charge in [0.2, 0.25) is 5.91 Å². The van der Waals surface area contributed by atoms with E-state index in [1.54, 1.807) is 12.1 Å². The molecule has 0 radical (unpaired) electrons. The SMILES string of the molecule is CCNC(=O)C1CN(c2cc(C)nc3ccc([N+](=O)[O-])cc23)C1. The number of anilines is 1. The van der Waals surface area contributed by atoms with Crippen LogP contribution in [0.3, 0.4) is 0 Å². The Hall–Kier alpha value is -2.70. The second-order valence-corrected chi connectivity index (χ2v) is 5.74. The highest BCUT2D eigenvalue weighted by Crippen LogP contribution is 2.33. The van der Waals surface area contributed by atoms with Gasteiger partial charge >= 0.3 is 0 Å². The van der Waals surface area contributed by atoms with Crippen molar-refractivity contribution in [3.8, 4) is 0 Å². The van der Waals surface area contributed by atoms with Crippen LogP contribution in [0.25, 0.3) is 10.9 Å². The van der Waals surface area contributed by atoms with E-state index in [1.165, 1.54) is 6.07 Å². The van der Waals surface area contributed by atoms with E-state index in [9.17, 15) is 14.9 Å². The number of hydrogen-bond acceptors (Lipinski definition) is 5. The maximum Gasteiger partial charge on any atom is 0.270 e. The molecule has 0 unspecified atom stereocenters. The number of rotatable bonds is 4. The van der Waals surface area contributed by atoms with Crippen LogP contribution in [0.5, 0.6) is 0 Å². The molecule has 1 aliphatic heterocycles. The van der Waals surface area contributed by atoms with Crippen molar-refractivity contribution >= 4 is 28.2 Å². The molecule has 0 atom stereocenters. The highest BCUT2D eigenvalue weighted by molar-refractivity contribution is 5.95. The monoisotopic (exact) mass is 314 g/mol. The van der Waals surface area contributed by atoms with E-state index in [0.717, 1.165) is 22.3 Å². The van der Waals surface area contributed by atoms with Crippen LogP contribution < -0.4 is 10.2 Å². The van der Waals surface area contributed by atoms with Gasteiger partial charge in [0.1, 0.15) is 0 Å². The van der Waals surface area contributed by atoms with Gasteiger partial charge in [0.05, 0.1) is 16.4 Å². The van der Waals surface area contributed by atoms with Crippen LogP contribution in [0, 0.1) is 23.0 Å². The predicted octanol–water partition coefficient (Wildman–Crippen LogP) is 2.02. The summed E-state index contributed by atoms with van der Waals surface area (Å²) in [5.41, 5.74) is 2.52. The number of nitrogens with one attached hydrogen (secondary N) is 1. The zero-order valence-corrected chi connectivity index (χ0v) is 13.1. The number of nitro benzene ring substituents is 1. The summed E-state index contributed by atoms with van der Waals surface area (Å²) in [4.78, 5) is 28.9. The van der Waals surface area contributed by atoms with E-state index in [-0.39, 0.29) is 17.5 Å². The van der Waals surface area contributed by atoms with Crippen molar-refractivity contribution in [3.63, 3.8) is 0 Å². The summed E-state index contributed by atoms with van der Waals surface area (Å²) in [5.74, 6) is 0.0296. The van der Waals surface area contributed by atoms with E-state index in [4.69, 9.17) is 0 Å². The smallest absolute Gasteiger partial charge is 0.270 e. The Kier molecular flexibility index (Phi) is 3.85. The van der Waals surface area contributed by atoms with E-state index >= 15 is 0 Å². The molecule has 0 spiro atoms. The first-order valence-corrected chi connectivity index (χ1v) is 7.58. The van der Waals surface area contributed by atoms with Crippen molar-refractivity contribution < 1.29 is 9.72 Å². The molecule has 0 aliphatic carbocycles. The van der Waals surface area contributed by atoms with Gasteiger partial charge in [0.15, 0.2) is 0 Å². The summed E-state index contributed by atoms with van der Waals surface area (Å²) in [7, 11) is 0. The number of amides is 1. The van der Waals surface area contributed by atoms with Crippen molar-refractivity contribution in [1.82, 2.24) is 10.3 Å². The molecule has 1 amide bonds. The third-order valence-electron chi connectivity index (χ3n) is 4.05. The van der Waals surface area contributed by atoms with Crippen LogP contribution in [0.4, 0.5) is 11.4 Å². The van der Waals surface area contributed by atoms with Crippen molar-refractivity contribution in [2.75, 3.05) is 24.5 Å². The second-order valence-electron chi connectivity index (χ2n) is 5.74. The summed E-state index contributed by atoms with van der Waals surface area (Å²) in [6.07, 6.45) is 0. The number of fused-ring (bicyclic) bond motifs is 1. The lowest BCUT2D eigenvalue weighted by Gasteiger charge is -2.40. The highest BCUT2D eigenvalue weighted by Gasteiger charge is 2.33. The van der Waals surface area contributed by atoms with Crippen molar-refractivity contribution in [2.45, 2.75) is 13.8 Å². The molecule has 120 valence electrons. The lowest BCUT2D eigenvalue weighted by Crippen LogP contribution is -2.53. The molecule has 1 N–H and O–H groups in total. The van der Waals surface area contributed by atoms with E-state index < -0.39 is 4.92 Å². The van der Waals surface area contributed by atoms with Crippen LogP contribution in [0.2, 0.25) is 0 Å². The minimum atomic E-state index is -0.406. The third-order valence-corrected chi connectivity index (χ3v) is 4.05. The van der Waals surface area contributed by atoms with E-state index in [2.05, 4.69) is 15.2 Å². The topological polar surface area (TPSA) is 88.4 Å². The first-order chi connectivity index (χ1) is 11.0. The van der Waals surface area contributed by atoms with Crippen molar-refractivity contribution in [2.24, 2.45) is 5.92 Å². The number of aryl methyl sites for hydroxylation is 1. The third kappa shape index (κ3) is 2.81. The maximum atomic E-state index is 11.8. The van der Waals surface area contributed by atoms with Crippen LogP contribution in [0.15, 0.2) is 24.3 Å². The van der Waals surface area contributed by atoms with Gasteiger partial charge in [-0.3, -0.25) is 19.9 Å². The lowest BCUT2D eigenvalue weighted by atomic mass is 9.97. The normalized spacial score (nSPS) is 14.6. The fourth-order valence-electron chi connectivity index (χ4n) is 2.86. The molecule has 3 rings (SSSR count). The number of nitrogens with zero attached hydrogens (tertiary/aromatic N) is 3. The summed E-state index contributed by atoms with van der Waals surface area (Å²) >= 11 is 0. The summed E-state index contributed by atoms with van der Waals surface area (Å²) in [6.45, 7) is 5.65. The second kappa shape index (κ2) is 5.83. The first kappa shape index (κ1) is 15.2. The van der Waals surface area contributed by atoms with Crippen LogP contribution >= 0.6 is 0 Å².